The van der Waals surface area contributed by atoms with Crippen molar-refractivity contribution in [2.45, 2.75) is 12.6 Å². The highest BCUT2D eigenvalue weighted by atomic mass is 19.4. The fourth-order valence-electron chi connectivity index (χ4n) is 1.10. The number of benzene rings is 1. The van der Waals surface area contributed by atoms with Crippen LogP contribution in [-0.4, -0.2) is 12.3 Å². The van der Waals surface area contributed by atoms with Gasteiger partial charge in [0.15, 0.2) is 6.23 Å². The van der Waals surface area contributed by atoms with Crippen LogP contribution in [0.1, 0.15) is 11.8 Å². The summed E-state index contributed by atoms with van der Waals surface area (Å²) in [5.41, 5.74) is 0.147. The van der Waals surface area contributed by atoms with Crippen LogP contribution in [-0.2, 0) is 9.53 Å². The van der Waals surface area contributed by atoms with Crippen LogP contribution in [0.4, 0.5) is 13.2 Å². The van der Waals surface area contributed by atoms with Gasteiger partial charge < -0.3 is 5.32 Å². The molecule has 0 aliphatic heterocycles. The molecule has 0 aliphatic rings. The number of alkyl halides is 3. The van der Waals surface area contributed by atoms with E-state index in [1.807, 2.05) is 5.32 Å². The van der Waals surface area contributed by atoms with Crippen molar-refractivity contribution in [3.63, 3.8) is 0 Å². The third-order valence-electron chi connectivity index (χ3n) is 1.75. The molecule has 0 spiro atoms. The number of halogens is 3. The van der Waals surface area contributed by atoms with Crippen molar-refractivity contribution < 1.29 is 22.7 Å². The van der Waals surface area contributed by atoms with Gasteiger partial charge in [0.2, 0.25) is 0 Å². The SMILES string of the molecule is C#CC(=O)NC(OC(F)(F)F)c1ccccc1. The highest BCUT2D eigenvalue weighted by Gasteiger charge is 2.34. The van der Waals surface area contributed by atoms with Gasteiger partial charge in [-0.05, 0) is 5.92 Å². The fourth-order valence-corrected chi connectivity index (χ4v) is 1.10. The van der Waals surface area contributed by atoms with Gasteiger partial charge in [0.1, 0.15) is 0 Å². The lowest BCUT2D eigenvalue weighted by atomic mass is 10.2. The first-order valence-corrected chi connectivity index (χ1v) is 4.49. The van der Waals surface area contributed by atoms with Gasteiger partial charge in [-0.3, -0.25) is 9.53 Å². The van der Waals surface area contributed by atoms with Gasteiger partial charge >= 0.3 is 6.36 Å². The summed E-state index contributed by atoms with van der Waals surface area (Å²) >= 11 is 0. The maximum absolute atomic E-state index is 12.1. The van der Waals surface area contributed by atoms with Crippen molar-refractivity contribution in [3.8, 4) is 12.3 Å². The summed E-state index contributed by atoms with van der Waals surface area (Å²) in [6.45, 7) is 0. The van der Waals surface area contributed by atoms with Crippen LogP contribution < -0.4 is 5.32 Å². The van der Waals surface area contributed by atoms with Gasteiger partial charge in [0.25, 0.3) is 5.91 Å². The Kier molecular flexibility index (Phi) is 4.12. The second-order valence-electron chi connectivity index (χ2n) is 2.97. The summed E-state index contributed by atoms with van der Waals surface area (Å²) in [6, 6.07) is 7.42. The summed E-state index contributed by atoms with van der Waals surface area (Å²) in [5, 5.41) is 1.92. The van der Waals surface area contributed by atoms with Crippen molar-refractivity contribution in [1.29, 1.82) is 0 Å². The molecule has 1 amide bonds. The van der Waals surface area contributed by atoms with E-state index in [-0.39, 0.29) is 5.56 Å². The Labute approximate surface area is 95.6 Å². The molecule has 0 saturated carbocycles. The quantitative estimate of drug-likeness (QED) is 0.651. The van der Waals surface area contributed by atoms with Crippen molar-refractivity contribution in [1.82, 2.24) is 5.32 Å². The highest BCUT2D eigenvalue weighted by molar-refractivity contribution is 5.92. The van der Waals surface area contributed by atoms with Crippen molar-refractivity contribution in [2.24, 2.45) is 0 Å². The van der Waals surface area contributed by atoms with Crippen molar-refractivity contribution in [2.75, 3.05) is 0 Å². The molecular weight excluding hydrogens is 235 g/mol. The van der Waals surface area contributed by atoms with Gasteiger partial charge in [-0.25, -0.2) is 0 Å². The number of rotatable bonds is 3. The Morgan fingerprint density at radius 3 is 2.41 bits per heavy atom. The molecule has 90 valence electrons. The molecule has 0 saturated heterocycles. The summed E-state index contributed by atoms with van der Waals surface area (Å²) < 4.78 is 40.1. The lowest BCUT2D eigenvalue weighted by Gasteiger charge is -2.19. The number of carbonyl (C=O) groups is 1. The number of amides is 1. The zero-order chi connectivity index (χ0) is 12.9. The van der Waals surface area contributed by atoms with E-state index < -0.39 is 18.5 Å². The Hall–Kier alpha value is -2.00. The topological polar surface area (TPSA) is 38.3 Å². The minimum absolute atomic E-state index is 0.147. The monoisotopic (exact) mass is 243 g/mol. The van der Waals surface area contributed by atoms with E-state index >= 15 is 0 Å². The van der Waals surface area contributed by atoms with E-state index in [9.17, 15) is 18.0 Å². The first-order chi connectivity index (χ1) is 7.92. The number of hydrogen-bond acceptors (Lipinski definition) is 2. The van der Waals surface area contributed by atoms with Gasteiger partial charge in [-0.2, -0.15) is 0 Å². The Balaban J connectivity index is 2.88. The summed E-state index contributed by atoms with van der Waals surface area (Å²) in [4.78, 5) is 10.9. The lowest BCUT2D eigenvalue weighted by Crippen LogP contribution is -2.33. The molecule has 0 radical (unpaired) electrons. The minimum atomic E-state index is -4.87. The minimum Gasteiger partial charge on any atom is -0.315 e. The number of nitrogens with one attached hydrogen (secondary N) is 1. The summed E-state index contributed by atoms with van der Waals surface area (Å²) in [7, 11) is 0. The molecule has 0 aliphatic carbocycles. The number of carbonyl (C=O) groups excluding carboxylic acids is 1. The van der Waals surface area contributed by atoms with E-state index in [1.54, 1.807) is 12.0 Å². The van der Waals surface area contributed by atoms with E-state index in [4.69, 9.17) is 6.42 Å². The Morgan fingerprint density at radius 1 is 1.35 bits per heavy atom. The molecule has 3 nitrogen and oxygen atoms in total. The Morgan fingerprint density at radius 2 is 1.94 bits per heavy atom. The molecule has 1 aromatic carbocycles. The molecule has 0 bridgehead atoms. The van der Waals surface area contributed by atoms with E-state index in [1.165, 1.54) is 24.3 Å². The summed E-state index contributed by atoms with van der Waals surface area (Å²) in [6.07, 6.45) is -1.76. The van der Waals surface area contributed by atoms with E-state index in [0.29, 0.717) is 0 Å². The third-order valence-corrected chi connectivity index (χ3v) is 1.75. The standard InChI is InChI=1S/C11H8F3NO2/c1-2-9(16)15-10(17-11(12,13)14)8-6-4-3-5-7-8/h1,3-7,10H,(H,15,16). The van der Waals surface area contributed by atoms with E-state index in [0.717, 1.165) is 0 Å². The van der Waals surface area contributed by atoms with Crippen LogP contribution in [0.2, 0.25) is 0 Å². The first kappa shape index (κ1) is 13.1. The maximum Gasteiger partial charge on any atom is 0.524 e. The molecule has 1 unspecified atom stereocenters. The fraction of sp³-hybridized carbons (Fsp3) is 0.182. The molecular formula is C11H8F3NO2. The molecule has 0 aromatic heterocycles. The third kappa shape index (κ3) is 4.57. The molecule has 0 fully saturated rings. The lowest BCUT2D eigenvalue weighted by molar-refractivity contribution is -0.347. The molecule has 0 heterocycles. The molecule has 17 heavy (non-hydrogen) atoms. The van der Waals surface area contributed by atoms with Crippen molar-refractivity contribution in [3.05, 3.63) is 35.9 Å². The second kappa shape index (κ2) is 5.37. The van der Waals surface area contributed by atoms with Crippen LogP contribution >= 0.6 is 0 Å². The molecule has 6 heteroatoms. The first-order valence-electron chi connectivity index (χ1n) is 4.49. The van der Waals surface area contributed by atoms with Crippen LogP contribution in [0, 0.1) is 12.3 Å². The highest BCUT2D eigenvalue weighted by Crippen LogP contribution is 2.25. The molecule has 1 rings (SSSR count). The molecule has 1 N–H and O–H groups in total. The van der Waals surface area contributed by atoms with Gasteiger partial charge in [0, 0.05) is 5.56 Å². The predicted molar refractivity (Wildman–Crippen MR) is 53.3 cm³/mol. The van der Waals surface area contributed by atoms with Crippen LogP contribution in [0.5, 0.6) is 0 Å². The number of hydrogen-bond donors (Lipinski definition) is 1. The second-order valence-corrected chi connectivity index (χ2v) is 2.97. The smallest absolute Gasteiger partial charge is 0.315 e. The van der Waals surface area contributed by atoms with Gasteiger partial charge in [0.05, 0.1) is 0 Å². The van der Waals surface area contributed by atoms with Crippen LogP contribution in [0.3, 0.4) is 0 Å². The average Bonchev–Trinajstić information content (AvgIpc) is 2.27. The van der Waals surface area contributed by atoms with Gasteiger partial charge in [-0.1, -0.05) is 30.3 Å². The Bertz CT molecular complexity index is 423. The normalized spacial score (nSPS) is 12.6. The predicted octanol–water partition coefficient (Wildman–Crippen LogP) is 1.97. The van der Waals surface area contributed by atoms with Crippen molar-refractivity contribution >= 4 is 5.91 Å². The molecule has 1 aromatic rings. The van der Waals surface area contributed by atoms with Crippen LogP contribution in [0.25, 0.3) is 0 Å². The molecule has 1 atom stereocenters. The number of terminal acetylenes is 1. The number of ether oxygens (including phenoxy) is 1. The van der Waals surface area contributed by atoms with Gasteiger partial charge in [-0.15, -0.1) is 19.6 Å². The largest absolute Gasteiger partial charge is 0.524 e. The maximum atomic E-state index is 12.1. The zero-order valence-electron chi connectivity index (χ0n) is 8.49. The zero-order valence-corrected chi connectivity index (χ0v) is 8.49. The van der Waals surface area contributed by atoms with Crippen LogP contribution in [0.15, 0.2) is 30.3 Å². The summed E-state index contributed by atoms with van der Waals surface area (Å²) in [5.74, 6) is 0.670. The van der Waals surface area contributed by atoms with E-state index in [2.05, 4.69) is 4.74 Å². The average molecular weight is 243 g/mol.